The number of hydrogen-bond donors (Lipinski definition) is 1. The topological polar surface area (TPSA) is 96.2 Å². The van der Waals surface area contributed by atoms with Gasteiger partial charge in [-0.15, -0.1) is 12.4 Å². The fourth-order valence-corrected chi connectivity index (χ4v) is 4.51. The van der Waals surface area contributed by atoms with Crippen LogP contribution < -0.4 is 9.62 Å². The molecule has 1 aliphatic rings. The number of halogens is 1. The van der Waals surface area contributed by atoms with Crippen LogP contribution in [0, 0.1) is 6.92 Å². The van der Waals surface area contributed by atoms with E-state index in [-0.39, 0.29) is 12.4 Å². The summed E-state index contributed by atoms with van der Waals surface area (Å²) in [7, 11) is -1.19. The molecule has 1 fully saturated rings. The highest BCUT2D eigenvalue weighted by atomic mass is 35.5. The molecule has 1 aliphatic heterocycles. The molecule has 11 heteroatoms. The van der Waals surface area contributed by atoms with Gasteiger partial charge in [0.25, 0.3) is 0 Å². The molecule has 4 rings (SSSR count). The maximum absolute atomic E-state index is 11.2. The van der Waals surface area contributed by atoms with Crippen LogP contribution in [0.4, 0.5) is 5.82 Å². The zero-order chi connectivity index (χ0) is 23.4. The van der Waals surface area contributed by atoms with Gasteiger partial charge in [-0.1, -0.05) is 24.3 Å². The molecular formula is C23H32ClN7O2S. The van der Waals surface area contributed by atoms with Gasteiger partial charge in [-0.2, -0.15) is 5.10 Å². The van der Waals surface area contributed by atoms with Crippen molar-refractivity contribution in [2.75, 3.05) is 43.9 Å². The van der Waals surface area contributed by atoms with Crippen LogP contribution in [0.3, 0.4) is 0 Å². The normalized spacial score (nSPS) is 14.7. The average Bonchev–Trinajstić information content (AvgIpc) is 3.11. The first-order chi connectivity index (χ1) is 15.8. The monoisotopic (exact) mass is 505 g/mol. The van der Waals surface area contributed by atoms with Crippen LogP contribution in [0.25, 0.3) is 11.3 Å². The third-order valence-corrected chi connectivity index (χ3v) is 6.82. The predicted molar refractivity (Wildman–Crippen MR) is 137 cm³/mol. The molecule has 2 aromatic heterocycles. The summed E-state index contributed by atoms with van der Waals surface area (Å²) < 4.78 is 26.9. The number of piperazine rings is 1. The number of aryl methyl sites for hydroxylation is 1. The number of nitrogens with zero attached hydrogens (tertiary/aromatic N) is 6. The minimum Gasteiger partial charge on any atom is -0.352 e. The third kappa shape index (κ3) is 6.53. The van der Waals surface area contributed by atoms with Crippen molar-refractivity contribution in [3.8, 4) is 11.3 Å². The van der Waals surface area contributed by atoms with E-state index < -0.39 is 10.0 Å². The molecule has 3 aromatic rings. The summed E-state index contributed by atoms with van der Waals surface area (Å²) in [6, 6.07) is 8.10. The largest absolute Gasteiger partial charge is 0.352 e. The molecule has 0 unspecified atom stereocenters. The number of rotatable bonds is 8. The van der Waals surface area contributed by atoms with Crippen LogP contribution in [-0.2, 0) is 30.0 Å². The lowest BCUT2D eigenvalue weighted by Crippen LogP contribution is -2.46. The van der Waals surface area contributed by atoms with E-state index in [1.54, 1.807) is 12.4 Å². The predicted octanol–water partition coefficient (Wildman–Crippen LogP) is 2.02. The lowest BCUT2D eigenvalue weighted by Gasteiger charge is -2.35. The summed E-state index contributed by atoms with van der Waals surface area (Å²) in [5, 5.41) is 4.35. The van der Waals surface area contributed by atoms with E-state index in [1.807, 2.05) is 42.2 Å². The number of nitrogens with one attached hydrogen (secondary N) is 1. The van der Waals surface area contributed by atoms with E-state index in [9.17, 15) is 8.42 Å². The molecule has 0 bridgehead atoms. The van der Waals surface area contributed by atoms with Crippen molar-refractivity contribution in [3.05, 3.63) is 59.7 Å². The number of anilines is 1. The lowest BCUT2D eigenvalue weighted by molar-refractivity contribution is 0.249. The van der Waals surface area contributed by atoms with Crippen LogP contribution in [0.15, 0.2) is 42.9 Å². The first kappa shape index (κ1) is 26.1. The number of benzene rings is 1. The molecule has 0 aliphatic carbocycles. The van der Waals surface area contributed by atoms with Crippen LogP contribution in [0.1, 0.15) is 16.8 Å². The zero-order valence-electron chi connectivity index (χ0n) is 19.8. The van der Waals surface area contributed by atoms with E-state index >= 15 is 0 Å². The first-order valence-corrected chi connectivity index (χ1v) is 13.0. The van der Waals surface area contributed by atoms with Crippen molar-refractivity contribution in [2.45, 2.75) is 19.9 Å². The average molecular weight is 506 g/mol. The summed E-state index contributed by atoms with van der Waals surface area (Å²) >= 11 is 0. The summed E-state index contributed by atoms with van der Waals surface area (Å²) in [6.07, 6.45) is 7.24. The first-order valence-electron chi connectivity index (χ1n) is 11.1. The Hall–Kier alpha value is -2.53. The van der Waals surface area contributed by atoms with E-state index in [0.29, 0.717) is 13.0 Å². The maximum atomic E-state index is 11.2. The zero-order valence-corrected chi connectivity index (χ0v) is 21.4. The van der Waals surface area contributed by atoms with Crippen LogP contribution in [0.2, 0.25) is 0 Å². The molecule has 0 spiro atoms. The third-order valence-electron chi connectivity index (χ3n) is 6.09. The second-order valence-electron chi connectivity index (χ2n) is 8.48. The van der Waals surface area contributed by atoms with Gasteiger partial charge in [-0.05, 0) is 18.9 Å². The van der Waals surface area contributed by atoms with Crippen molar-refractivity contribution in [3.63, 3.8) is 0 Å². The molecule has 9 nitrogen and oxygen atoms in total. The maximum Gasteiger partial charge on any atom is 0.208 e. The summed E-state index contributed by atoms with van der Waals surface area (Å²) in [4.78, 5) is 14.0. The highest BCUT2D eigenvalue weighted by Crippen LogP contribution is 2.28. The summed E-state index contributed by atoms with van der Waals surface area (Å²) in [5.74, 6) is 0.904. The Labute approximate surface area is 207 Å². The standard InChI is InChI=1S/C23H31N7O2S.ClH/c1-18-21(16-26-28(18)2)17-29-12-14-30(15-13-29)23-22(24-10-11-25-23)20-6-4-19(5-7-20)8-9-27-33(3,31)32;/h4-7,10-11,16,27H,8-9,12-15,17H2,1-3H3;1H. The lowest BCUT2D eigenvalue weighted by atomic mass is 10.1. The molecule has 184 valence electrons. The van der Waals surface area contributed by atoms with Crippen LogP contribution >= 0.6 is 12.4 Å². The summed E-state index contributed by atoms with van der Waals surface area (Å²) in [6.45, 7) is 7.10. The van der Waals surface area contributed by atoms with Crippen molar-refractivity contribution >= 4 is 28.2 Å². The Morgan fingerprint density at radius 1 is 1.03 bits per heavy atom. The molecule has 0 radical (unpaired) electrons. The van der Waals surface area contributed by atoms with Gasteiger partial charge < -0.3 is 4.90 Å². The molecule has 0 atom stereocenters. The highest BCUT2D eigenvalue weighted by molar-refractivity contribution is 7.88. The van der Waals surface area contributed by atoms with Gasteiger partial charge in [0.1, 0.15) is 5.69 Å². The Morgan fingerprint density at radius 3 is 2.32 bits per heavy atom. The molecule has 1 N–H and O–H groups in total. The molecular weight excluding hydrogens is 474 g/mol. The highest BCUT2D eigenvalue weighted by Gasteiger charge is 2.22. The van der Waals surface area contributed by atoms with Gasteiger partial charge in [0.2, 0.25) is 10.0 Å². The minimum absolute atomic E-state index is 0. The van der Waals surface area contributed by atoms with E-state index in [0.717, 1.165) is 55.4 Å². The van der Waals surface area contributed by atoms with Crippen molar-refractivity contribution < 1.29 is 8.42 Å². The van der Waals surface area contributed by atoms with E-state index in [4.69, 9.17) is 0 Å². The summed E-state index contributed by atoms with van der Waals surface area (Å²) in [5.41, 5.74) is 5.43. The minimum atomic E-state index is -3.17. The van der Waals surface area contributed by atoms with Crippen LogP contribution in [0.5, 0.6) is 0 Å². The fourth-order valence-electron chi connectivity index (χ4n) is 4.03. The van der Waals surface area contributed by atoms with Gasteiger partial charge in [-0.3, -0.25) is 14.6 Å². The van der Waals surface area contributed by atoms with Crippen molar-refractivity contribution in [2.24, 2.45) is 7.05 Å². The van der Waals surface area contributed by atoms with Crippen molar-refractivity contribution in [1.29, 1.82) is 0 Å². The molecule has 0 saturated carbocycles. The van der Waals surface area contributed by atoms with Gasteiger partial charge in [0.05, 0.1) is 12.5 Å². The van der Waals surface area contributed by atoms with E-state index in [2.05, 4.69) is 36.5 Å². The Balaban J connectivity index is 0.00000324. The number of hydrogen-bond acceptors (Lipinski definition) is 7. The molecule has 0 amide bonds. The Bertz CT molecular complexity index is 1190. The second kappa shape index (κ2) is 11.3. The molecule has 1 saturated heterocycles. The number of aromatic nitrogens is 4. The van der Waals surface area contributed by atoms with Gasteiger partial charge in [0, 0.05) is 75.5 Å². The van der Waals surface area contributed by atoms with Gasteiger partial charge in [0.15, 0.2) is 5.82 Å². The van der Waals surface area contributed by atoms with Crippen LogP contribution in [-0.4, -0.2) is 72.0 Å². The Kier molecular flexibility index (Phi) is 8.64. The smallest absolute Gasteiger partial charge is 0.208 e. The quantitative estimate of drug-likeness (QED) is 0.500. The SMILES string of the molecule is Cc1c(CN2CCN(c3nccnc3-c3ccc(CCNS(C)(=O)=O)cc3)CC2)cnn1C.Cl. The number of sulfonamides is 1. The Morgan fingerprint density at radius 2 is 1.71 bits per heavy atom. The van der Waals surface area contributed by atoms with E-state index in [1.165, 1.54) is 17.5 Å². The second-order valence-corrected chi connectivity index (χ2v) is 10.3. The van der Waals surface area contributed by atoms with Gasteiger partial charge in [-0.25, -0.2) is 18.1 Å². The van der Waals surface area contributed by atoms with Crippen molar-refractivity contribution in [1.82, 2.24) is 29.4 Å². The molecule has 34 heavy (non-hydrogen) atoms. The fraction of sp³-hybridized carbons (Fsp3) is 0.435. The molecule has 1 aromatic carbocycles. The van der Waals surface area contributed by atoms with Gasteiger partial charge >= 0.3 is 0 Å². The molecule has 3 heterocycles.